The molecule has 16 heavy (non-hydrogen) atoms. The van der Waals surface area contributed by atoms with Gasteiger partial charge in [-0.05, 0) is 18.6 Å². The van der Waals surface area contributed by atoms with Crippen LogP contribution in [0.5, 0.6) is 0 Å². The molecule has 0 saturated carbocycles. The summed E-state index contributed by atoms with van der Waals surface area (Å²) in [6, 6.07) is 3.00. The first-order valence-corrected chi connectivity index (χ1v) is 5.54. The van der Waals surface area contributed by atoms with E-state index in [0.717, 1.165) is 16.2 Å². The molecule has 0 aliphatic heterocycles. The van der Waals surface area contributed by atoms with Gasteiger partial charge in [0.2, 0.25) is 0 Å². The highest BCUT2D eigenvalue weighted by atomic mass is 32.1. The molecule has 0 bridgehead atoms. The molecular weight excluding hydrogens is 238 g/mol. The first-order chi connectivity index (χ1) is 7.45. The number of aryl methyl sites for hydroxylation is 1. The molecule has 0 amide bonds. The number of carbonyl (C=O) groups is 1. The number of hydrogen-bond acceptors (Lipinski definition) is 3. The highest BCUT2D eigenvalue weighted by Gasteiger charge is 2.33. The summed E-state index contributed by atoms with van der Waals surface area (Å²) < 4.78 is 31.3. The molecule has 0 atom stereocenters. The lowest BCUT2D eigenvalue weighted by atomic mass is 10.3. The van der Waals surface area contributed by atoms with E-state index in [4.69, 9.17) is 5.11 Å². The fraction of sp³-hybridized carbons (Fsp3) is 0.500. The largest absolute Gasteiger partial charge is 0.480 e. The van der Waals surface area contributed by atoms with Gasteiger partial charge >= 0.3 is 11.9 Å². The summed E-state index contributed by atoms with van der Waals surface area (Å²) in [6.45, 7) is 0.277. The molecule has 90 valence electrons. The molecule has 0 fully saturated rings. The molecule has 0 saturated heterocycles. The van der Waals surface area contributed by atoms with Crippen LogP contribution in [0.4, 0.5) is 8.78 Å². The molecule has 0 radical (unpaired) electrons. The van der Waals surface area contributed by atoms with E-state index < -0.39 is 25.1 Å². The monoisotopic (exact) mass is 250 g/mol. The Morgan fingerprint density at radius 3 is 2.75 bits per heavy atom. The van der Waals surface area contributed by atoms with Gasteiger partial charge in [0.25, 0.3) is 0 Å². The van der Waals surface area contributed by atoms with Gasteiger partial charge in [-0.2, -0.15) is 8.78 Å². The minimum absolute atomic E-state index is 0.0882. The van der Waals surface area contributed by atoms with Crippen molar-refractivity contribution >= 4 is 17.3 Å². The molecule has 3 nitrogen and oxygen atoms in total. The molecule has 0 aromatic carbocycles. The Morgan fingerprint density at radius 1 is 1.56 bits per heavy atom. The predicted octanol–water partition coefficient (Wildman–Crippen LogP) is 2.50. The number of halogens is 2. The standard InChI is InChI=1S/C10H12F2O3S/c1-2-7-3-4-8(16-7)10(11,12)6-15-5-9(13)14/h3-4H,2,5-6H2,1H3,(H,13,14). The molecule has 1 aromatic rings. The van der Waals surface area contributed by atoms with Crippen molar-refractivity contribution in [1.29, 1.82) is 0 Å². The third-order valence-corrected chi connectivity index (χ3v) is 3.22. The number of hydrogen-bond donors (Lipinski definition) is 1. The van der Waals surface area contributed by atoms with Crippen LogP contribution in [-0.4, -0.2) is 24.3 Å². The zero-order valence-corrected chi connectivity index (χ0v) is 9.52. The average Bonchev–Trinajstić information content (AvgIpc) is 2.65. The quantitative estimate of drug-likeness (QED) is 0.843. The van der Waals surface area contributed by atoms with E-state index in [1.807, 2.05) is 6.92 Å². The number of ether oxygens (including phenoxy) is 1. The fourth-order valence-electron chi connectivity index (χ4n) is 1.10. The normalized spacial score (nSPS) is 11.7. The Balaban J connectivity index is 2.58. The molecule has 1 aromatic heterocycles. The maximum Gasteiger partial charge on any atom is 0.329 e. The van der Waals surface area contributed by atoms with Crippen LogP contribution < -0.4 is 0 Å². The lowest BCUT2D eigenvalue weighted by Crippen LogP contribution is -2.22. The number of alkyl halides is 2. The summed E-state index contributed by atoms with van der Waals surface area (Å²) >= 11 is 1.02. The lowest BCUT2D eigenvalue weighted by molar-refractivity contribution is -0.147. The third-order valence-electron chi connectivity index (χ3n) is 1.88. The van der Waals surface area contributed by atoms with E-state index in [0.29, 0.717) is 6.42 Å². The van der Waals surface area contributed by atoms with E-state index in [1.165, 1.54) is 6.07 Å². The average molecular weight is 250 g/mol. The molecule has 1 heterocycles. The summed E-state index contributed by atoms with van der Waals surface area (Å²) in [4.78, 5) is 10.9. The molecule has 0 aliphatic carbocycles. The topological polar surface area (TPSA) is 46.5 Å². The van der Waals surface area contributed by atoms with Crippen molar-refractivity contribution in [1.82, 2.24) is 0 Å². The molecule has 0 unspecified atom stereocenters. The Kier molecular flexibility index (Phi) is 4.37. The smallest absolute Gasteiger partial charge is 0.329 e. The minimum Gasteiger partial charge on any atom is -0.480 e. The van der Waals surface area contributed by atoms with Crippen molar-refractivity contribution in [3.63, 3.8) is 0 Å². The van der Waals surface area contributed by atoms with Crippen LogP contribution >= 0.6 is 11.3 Å². The van der Waals surface area contributed by atoms with E-state index in [1.54, 1.807) is 6.07 Å². The molecule has 1 N–H and O–H groups in total. The van der Waals surface area contributed by atoms with Gasteiger partial charge < -0.3 is 9.84 Å². The van der Waals surface area contributed by atoms with Gasteiger partial charge in [-0.1, -0.05) is 6.92 Å². The van der Waals surface area contributed by atoms with Gasteiger partial charge in [-0.3, -0.25) is 0 Å². The first-order valence-electron chi connectivity index (χ1n) is 4.72. The number of carboxylic acids is 1. The van der Waals surface area contributed by atoms with E-state index >= 15 is 0 Å². The molecule has 0 aliphatic rings. The van der Waals surface area contributed by atoms with Gasteiger partial charge in [-0.15, -0.1) is 11.3 Å². The van der Waals surface area contributed by atoms with E-state index in [9.17, 15) is 13.6 Å². The maximum absolute atomic E-state index is 13.4. The van der Waals surface area contributed by atoms with Crippen LogP contribution in [0.2, 0.25) is 0 Å². The zero-order valence-electron chi connectivity index (χ0n) is 8.70. The number of carboxylic acid groups (broad SMARTS) is 1. The number of rotatable bonds is 6. The Bertz CT molecular complexity index is 363. The third kappa shape index (κ3) is 3.53. The maximum atomic E-state index is 13.4. The Labute approximate surface area is 95.7 Å². The lowest BCUT2D eigenvalue weighted by Gasteiger charge is -2.13. The van der Waals surface area contributed by atoms with Crippen molar-refractivity contribution in [2.75, 3.05) is 13.2 Å². The summed E-state index contributed by atoms with van der Waals surface area (Å²) in [7, 11) is 0. The van der Waals surface area contributed by atoms with Crippen molar-refractivity contribution in [3.05, 3.63) is 21.9 Å². The van der Waals surface area contributed by atoms with Crippen LogP contribution in [-0.2, 0) is 21.9 Å². The second-order valence-electron chi connectivity index (χ2n) is 3.21. The van der Waals surface area contributed by atoms with Gasteiger partial charge in [-0.25, -0.2) is 4.79 Å². The molecule has 0 spiro atoms. The van der Waals surface area contributed by atoms with E-state index in [2.05, 4.69) is 4.74 Å². The zero-order chi connectivity index (χ0) is 12.2. The SMILES string of the molecule is CCc1ccc(C(F)(F)COCC(=O)O)s1. The fourth-order valence-corrected chi connectivity index (χ4v) is 2.01. The minimum atomic E-state index is -3.12. The van der Waals surface area contributed by atoms with E-state index in [-0.39, 0.29) is 4.88 Å². The Morgan fingerprint density at radius 2 is 2.25 bits per heavy atom. The molecule has 6 heteroatoms. The van der Waals surface area contributed by atoms with Crippen LogP contribution in [0.3, 0.4) is 0 Å². The van der Waals surface area contributed by atoms with Gasteiger partial charge in [0.1, 0.15) is 13.2 Å². The predicted molar refractivity (Wildman–Crippen MR) is 56.0 cm³/mol. The van der Waals surface area contributed by atoms with Crippen LogP contribution in [0.1, 0.15) is 16.7 Å². The van der Waals surface area contributed by atoms with Crippen molar-refractivity contribution in [2.45, 2.75) is 19.3 Å². The highest BCUT2D eigenvalue weighted by molar-refractivity contribution is 7.12. The van der Waals surface area contributed by atoms with Crippen LogP contribution in [0.15, 0.2) is 12.1 Å². The van der Waals surface area contributed by atoms with Crippen molar-refractivity contribution in [2.24, 2.45) is 0 Å². The summed E-state index contributed by atoms with van der Waals surface area (Å²) in [5.41, 5.74) is 0. The number of thiophene rings is 1. The summed E-state index contributed by atoms with van der Waals surface area (Å²) in [6.07, 6.45) is 0.705. The van der Waals surface area contributed by atoms with Crippen molar-refractivity contribution in [3.8, 4) is 0 Å². The molecule has 1 rings (SSSR count). The second kappa shape index (κ2) is 5.36. The van der Waals surface area contributed by atoms with Crippen LogP contribution in [0, 0.1) is 0 Å². The number of aliphatic carboxylic acids is 1. The first kappa shape index (κ1) is 13.1. The summed E-state index contributed by atoms with van der Waals surface area (Å²) in [5, 5.41) is 8.26. The Hall–Kier alpha value is -1.01. The van der Waals surface area contributed by atoms with Crippen LogP contribution in [0.25, 0.3) is 0 Å². The van der Waals surface area contributed by atoms with Gasteiger partial charge in [0.15, 0.2) is 0 Å². The van der Waals surface area contributed by atoms with Crippen molar-refractivity contribution < 1.29 is 23.4 Å². The molecular formula is C10H12F2O3S. The second-order valence-corrected chi connectivity index (χ2v) is 4.38. The highest BCUT2D eigenvalue weighted by Crippen LogP contribution is 2.33. The summed E-state index contributed by atoms with van der Waals surface area (Å²) in [5.74, 6) is -4.37. The van der Waals surface area contributed by atoms with Gasteiger partial charge in [0.05, 0.1) is 4.88 Å². The van der Waals surface area contributed by atoms with Gasteiger partial charge in [0, 0.05) is 4.88 Å².